The molecule has 0 atom stereocenters. The topological polar surface area (TPSA) is 67.4 Å². The zero-order chi connectivity index (χ0) is 18.9. The first-order chi connectivity index (χ1) is 12.5. The Morgan fingerprint density at radius 3 is 2.46 bits per heavy atom. The third kappa shape index (κ3) is 5.88. The lowest BCUT2D eigenvalue weighted by atomic mass is 10.1. The standard InChI is InChI=1S/C20H23BrN2O3/c1-3-4-11-26-18-10-7-15(13-17(18)21)20(25)23-16-8-5-14(6-9-16)12-19(24)22-2/h5-10,13H,3-4,11-12H2,1-2H3,(H,22,24)(H,23,25). The van der Waals surface area contributed by atoms with Crippen LogP contribution >= 0.6 is 15.9 Å². The predicted octanol–water partition coefficient (Wildman–Crippen LogP) is 4.17. The van der Waals surface area contributed by atoms with E-state index in [1.54, 1.807) is 37.4 Å². The van der Waals surface area contributed by atoms with Gasteiger partial charge < -0.3 is 15.4 Å². The van der Waals surface area contributed by atoms with Crippen LogP contribution in [0.1, 0.15) is 35.7 Å². The van der Waals surface area contributed by atoms with E-state index in [0.717, 1.165) is 28.6 Å². The van der Waals surface area contributed by atoms with Crippen molar-refractivity contribution in [1.29, 1.82) is 0 Å². The third-order valence-corrected chi connectivity index (χ3v) is 4.42. The van der Waals surface area contributed by atoms with E-state index in [1.165, 1.54) is 0 Å². The second kappa shape index (κ2) is 9.97. The molecule has 2 aromatic rings. The number of ether oxygens (including phenoxy) is 1. The van der Waals surface area contributed by atoms with Gasteiger partial charge in [0.2, 0.25) is 5.91 Å². The van der Waals surface area contributed by atoms with Crippen molar-refractivity contribution in [1.82, 2.24) is 5.32 Å². The molecule has 138 valence electrons. The van der Waals surface area contributed by atoms with Crippen LogP contribution in [0.2, 0.25) is 0 Å². The van der Waals surface area contributed by atoms with Gasteiger partial charge in [0.05, 0.1) is 17.5 Å². The lowest BCUT2D eigenvalue weighted by Crippen LogP contribution is -2.19. The molecular weight excluding hydrogens is 396 g/mol. The summed E-state index contributed by atoms with van der Waals surface area (Å²) in [6.07, 6.45) is 2.38. The van der Waals surface area contributed by atoms with Crippen LogP contribution in [0.3, 0.4) is 0 Å². The average molecular weight is 419 g/mol. The van der Waals surface area contributed by atoms with E-state index in [9.17, 15) is 9.59 Å². The first-order valence-electron chi connectivity index (χ1n) is 8.56. The number of benzene rings is 2. The maximum atomic E-state index is 12.4. The fourth-order valence-corrected chi connectivity index (χ4v) is 2.76. The normalized spacial score (nSPS) is 10.3. The van der Waals surface area contributed by atoms with E-state index >= 15 is 0 Å². The summed E-state index contributed by atoms with van der Waals surface area (Å²) in [6.45, 7) is 2.76. The molecule has 26 heavy (non-hydrogen) atoms. The monoisotopic (exact) mass is 418 g/mol. The minimum Gasteiger partial charge on any atom is -0.492 e. The molecule has 0 saturated heterocycles. The van der Waals surface area contributed by atoms with Gasteiger partial charge in [-0.15, -0.1) is 0 Å². The second-order valence-corrected chi connectivity index (χ2v) is 6.70. The molecule has 2 amide bonds. The fourth-order valence-electron chi connectivity index (χ4n) is 2.27. The summed E-state index contributed by atoms with van der Waals surface area (Å²) in [5, 5.41) is 5.43. The van der Waals surface area contributed by atoms with Gasteiger partial charge in [-0.2, -0.15) is 0 Å². The van der Waals surface area contributed by atoms with Crippen molar-refractivity contribution in [2.24, 2.45) is 0 Å². The molecule has 0 radical (unpaired) electrons. The molecule has 0 aromatic heterocycles. The van der Waals surface area contributed by atoms with Crippen molar-refractivity contribution in [3.05, 3.63) is 58.1 Å². The van der Waals surface area contributed by atoms with Crippen LogP contribution in [0.4, 0.5) is 5.69 Å². The SMILES string of the molecule is CCCCOc1ccc(C(=O)Nc2ccc(CC(=O)NC)cc2)cc1Br. The van der Waals surface area contributed by atoms with E-state index in [4.69, 9.17) is 4.74 Å². The van der Waals surface area contributed by atoms with Crippen molar-refractivity contribution < 1.29 is 14.3 Å². The summed E-state index contributed by atoms with van der Waals surface area (Å²) >= 11 is 3.45. The van der Waals surface area contributed by atoms with Gasteiger partial charge >= 0.3 is 0 Å². The molecule has 2 aromatic carbocycles. The van der Waals surface area contributed by atoms with E-state index in [0.29, 0.717) is 24.3 Å². The highest BCUT2D eigenvalue weighted by molar-refractivity contribution is 9.10. The highest BCUT2D eigenvalue weighted by Crippen LogP contribution is 2.26. The fraction of sp³-hybridized carbons (Fsp3) is 0.300. The summed E-state index contributed by atoms with van der Waals surface area (Å²) in [6, 6.07) is 12.5. The van der Waals surface area contributed by atoms with Crippen LogP contribution < -0.4 is 15.4 Å². The Kier molecular flexibility index (Phi) is 7.66. The van der Waals surface area contributed by atoms with Gasteiger partial charge in [-0.05, 0) is 58.2 Å². The third-order valence-electron chi connectivity index (χ3n) is 3.80. The molecule has 0 aliphatic rings. The van der Waals surface area contributed by atoms with Gasteiger partial charge in [0.1, 0.15) is 5.75 Å². The molecule has 0 aliphatic heterocycles. The minimum absolute atomic E-state index is 0.0483. The van der Waals surface area contributed by atoms with Crippen LogP contribution in [0, 0.1) is 0 Å². The number of amides is 2. The Morgan fingerprint density at radius 1 is 1.12 bits per heavy atom. The van der Waals surface area contributed by atoms with Gasteiger partial charge in [-0.3, -0.25) is 9.59 Å². The van der Waals surface area contributed by atoms with Crippen molar-refractivity contribution in [2.75, 3.05) is 19.0 Å². The maximum absolute atomic E-state index is 12.4. The number of hydrogen-bond acceptors (Lipinski definition) is 3. The molecule has 5 nitrogen and oxygen atoms in total. The summed E-state index contributed by atoms with van der Waals surface area (Å²) in [5.41, 5.74) is 2.10. The van der Waals surface area contributed by atoms with Gasteiger partial charge in [-0.1, -0.05) is 25.5 Å². The Hall–Kier alpha value is -2.34. The van der Waals surface area contributed by atoms with Crippen LogP contribution in [0.15, 0.2) is 46.9 Å². The van der Waals surface area contributed by atoms with Gasteiger partial charge in [-0.25, -0.2) is 0 Å². The number of nitrogens with one attached hydrogen (secondary N) is 2. The molecule has 6 heteroatoms. The summed E-state index contributed by atoms with van der Waals surface area (Å²) in [7, 11) is 1.61. The average Bonchev–Trinajstić information content (AvgIpc) is 2.64. The predicted molar refractivity (Wildman–Crippen MR) is 107 cm³/mol. The molecule has 0 aliphatic carbocycles. The number of halogens is 1. The van der Waals surface area contributed by atoms with E-state index in [1.807, 2.05) is 12.1 Å². The lowest BCUT2D eigenvalue weighted by molar-refractivity contribution is -0.119. The first kappa shape index (κ1) is 20.0. The van der Waals surface area contributed by atoms with Gasteiger partial charge in [0, 0.05) is 18.3 Å². The van der Waals surface area contributed by atoms with Crippen LogP contribution in [0.25, 0.3) is 0 Å². The molecule has 2 rings (SSSR count). The Labute approximate surface area is 162 Å². The van der Waals surface area contributed by atoms with E-state index in [-0.39, 0.29) is 11.8 Å². The maximum Gasteiger partial charge on any atom is 0.255 e. The lowest BCUT2D eigenvalue weighted by Gasteiger charge is -2.10. The molecule has 0 bridgehead atoms. The minimum atomic E-state index is -0.204. The first-order valence-corrected chi connectivity index (χ1v) is 9.36. The second-order valence-electron chi connectivity index (χ2n) is 5.85. The number of rotatable bonds is 8. The van der Waals surface area contributed by atoms with Crippen LogP contribution in [-0.2, 0) is 11.2 Å². The van der Waals surface area contributed by atoms with Crippen molar-refractivity contribution in [2.45, 2.75) is 26.2 Å². The number of carbonyl (C=O) groups is 2. The molecule has 0 fully saturated rings. The van der Waals surface area contributed by atoms with Crippen LogP contribution in [0.5, 0.6) is 5.75 Å². The van der Waals surface area contributed by atoms with Crippen molar-refractivity contribution in [3.63, 3.8) is 0 Å². The highest BCUT2D eigenvalue weighted by atomic mass is 79.9. The number of likely N-dealkylation sites (N-methyl/N-ethyl adjacent to an activating group) is 1. The zero-order valence-electron chi connectivity index (χ0n) is 15.0. The smallest absolute Gasteiger partial charge is 0.255 e. The summed E-state index contributed by atoms with van der Waals surface area (Å²) < 4.78 is 6.43. The Bertz CT molecular complexity index is 760. The largest absolute Gasteiger partial charge is 0.492 e. The number of unbranched alkanes of at least 4 members (excludes halogenated alkanes) is 1. The van der Waals surface area contributed by atoms with Gasteiger partial charge in [0.25, 0.3) is 5.91 Å². The summed E-state index contributed by atoms with van der Waals surface area (Å²) in [4.78, 5) is 23.8. The van der Waals surface area contributed by atoms with E-state index in [2.05, 4.69) is 33.5 Å². The molecule has 0 spiro atoms. The van der Waals surface area contributed by atoms with E-state index < -0.39 is 0 Å². The van der Waals surface area contributed by atoms with Gasteiger partial charge in [0.15, 0.2) is 0 Å². The van der Waals surface area contributed by atoms with Crippen molar-refractivity contribution in [3.8, 4) is 5.75 Å². The number of hydrogen-bond donors (Lipinski definition) is 2. The molecule has 0 unspecified atom stereocenters. The number of anilines is 1. The quantitative estimate of drug-likeness (QED) is 0.632. The van der Waals surface area contributed by atoms with Crippen LogP contribution in [-0.4, -0.2) is 25.5 Å². The molecule has 0 saturated carbocycles. The zero-order valence-corrected chi connectivity index (χ0v) is 16.6. The highest BCUT2D eigenvalue weighted by Gasteiger charge is 2.10. The Morgan fingerprint density at radius 2 is 1.85 bits per heavy atom. The Balaban J connectivity index is 1.98. The number of carbonyl (C=O) groups excluding carboxylic acids is 2. The molecule has 2 N–H and O–H groups in total. The molecular formula is C20H23BrN2O3. The molecule has 0 heterocycles. The summed E-state index contributed by atoms with van der Waals surface area (Å²) in [5.74, 6) is 0.478. The van der Waals surface area contributed by atoms with Crippen molar-refractivity contribution >= 4 is 33.4 Å².